The molecular formula is C21H26N2S. The van der Waals surface area contributed by atoms with E-state index in [2.05, 4.69) is 85.1 Å². The molecule has 3 heteroatoms. The first-order chi connectivity index (χ1) is 11.7. The van der Waals surface area contributed by atoms with Crippen molar-refractivity contribution in [2.75, 3.05) is 20.6 Å². The monoisotopic (exact) mass is 338 g/mol. The fourth-order valence-electron chi connectivity index (χ4n) is 3.24. The summed E-state index contributed by atoms with van der Waals surface area (Å²) >= 11 is 1.93. The predicted octanol–water partition coefficient (Wildman–Crippen LogP) is 5.06. The minimum Gasteiger partial charge on any atom is -0.345 e. The van der Waals surface area contributed by atoms with E-state index in [0.717, 1.165) is 25.3 Å². The van der Waals surface area contributed by atoms with Gasteiger partial charge in [-0.15, -0.1) is 11.8 Å². The lowest BCUT2D eigenvalue weighted by molar-refractivity contribution is 0.408. The van der Waals surface area contributed by atoms with Crippen LogP contribution in [0.2, 0.25) is 0 Å². The van der Waals surface area contributed by atoms with E-state index in [1.165, 1.54) is 27.1 Å². The van der Waals surface area contributed by atoms with Gasteiger partial charge in [0.25, 0.3) is 0 Å². The number of aromatic nitrogens is 1. The van der Waals surface area contributed by atoms with Crippen LogP contribution in [0.4, 0.5) is 0 Å². The molecule has 0 aliphatic rings. The van der Waals surface area contributed by atoms with Gasteiger partial charge in [-0.25, -0.2) is 0 Å². The van der Waals surface area contributed by atoms with Crippen LogP contribution < -0.4 is 0 Å². The topological polar surface area (TPSA) is 8.17 Å². The molecule has 0 N–H and O–H groups in total. The van der Waals surface area contributed by atoms with E-state index in [-0.39, 0.29) is 0 Å². The summed E-state index contributed by atoms with van der Waals surface area (Å²) in [7, 11) is 4.30. The van der Waals surface area contributed by atoms with E-state index in [9.17, 15) is 0 Å². The number of rotatable bonds is 7. The molecule has 1 aromatic heterocycles. The smallest absolute Gasteiger partial charge is 0.0485 e. The zero-order chi connectivity index (χ0) is 16.9. The molecule has 3 aromatic rings. The van der Waals surface area contributed by atoms with E-state index in [1.807, 2.05) is 11.8 Å². The Balaban J connectivity index is 1.98. The van der Waals surface area contributed by atoms with Crippen LogP contribution in [-0.2, 0) is 18.7 Å². The second-order valence-electron chi connectivity index (χ2n) is 6.34. The summed E-state index contributed by atoms with van der Waals surface area (Å²) in [5, 5.41) is 1.41. The second-order valence-corrected chi connectivity index (χ2v) is 7.39. The third-order valence-electron chi connectivity index (χ3n) is 4.43. The fourth-order valence-corrected chi connectivity index (χ4v) is 4.22. The van der Waals surface area contributed by atoms with Crippen molar-refractivity contribution in [1.82, 2.24) is 9.47 Å². The summed E-state index contributed by atoms with van der Waals surface area (Å²) < 4.78 is 2.50. The standard InChI is InChI=1S/C21H26N2S/c1-4-23-20-13-9-8-12-18(20)19(21(23)14-15-22(2)3)16-24-17-10-6-5-7-11-17/h5-13H,4,14-16H2,1-3H3. The van der Waals surface area contributed by atoms with Crippen LogP contribution in [0.3, 0.4) is 0 Å². The van der Waals surface area contributed by atoms with Gasteiger partial charge in [0.1, 0.15) is 0 Å². The van der Waals surface area contributed by atoms with Crippen LogP contribution in [0.5, 0.6) is 0 Å². The minimum atomic E-state index is 1.03. The van der Waals surface area contributed by atoms with Crippen molar-refractivity contribution in [1.29, 1.82) is 0 Å². The van der Waals surface area contributed by atoms with Crippen molar-refractivity contribution in [3.05, 3.63) is 65.9 Å². The molecule has 126 valence electrons. The lowest BCUT2D eigenvalue weighted by atomic mass is 10.1. The number of hydrogen-bond acceptors (Lipinski definition) is 2. The maximum Gasteiger partial charge on any atom is 0.0485 e. The molecule has 0 saturated heterocycles. The van der Waals surface area contributed by atoms with E-state index < -0.39 is 0 Å². The van der Waals surface area contributed by atoms with Crippen LogP contribution >= 0.6 is 11.8 Å². The molecule has 0 unspecified atom stereocenters. The molecule has 0 aliphatic carbocycles. The lowest BCUT2D eigenvalue weighted by Crippen LogP contribution is -2.17. The quantitative estimate of drug-likeness (QED) is 0.557. The largest absolute Gasteiger partial charge is 0.345 e. The number of aryl methyl sites for hydroxylation is 1. The van der Waals surface area contributed by atoms with Crippen LogP contribution in [-0.4, -0.2) is 30.1 Å². The van der Waals surface area contributed by atoms with Crippen molar-refractivity contribution in [2.24, 2.45) is 0 Å². The Labute approximate surface area is 149 Å². The summed E-state index contributed by atoms with van der Waals surface area (Å²) in [6, 6.07) is 19.6. The number of likely N-dealkylation sites (N-methyl/N-ethyl adjacent to an activating group) is 1. The molecule has 0 spiro atoms. The Morgan fingerprint density at radius 1 is 0.958 bits per heavy atom. The molecule has 0 aliphatic heterocycles. The van der Waals surface area contributed by atoms with E-state index >= 15 is 0 Å². The van der Waals surface area contributed by atoms with Gasteiger partial charge in [-0.1, -0.05) is 36.4 Å². The molecule has 3 rings (SSSR count). The molecule has 24 heavy (non-hydrogen) atoms. The van der Waals surface area contributed by atoms with Gasteiger partial charge in [0, 0.05) is 46.8 Å². The maximum absolute atomic E-state index is 2.50. The van der Waals surface area contributed by atoms with Gasteiger partial charge < -0.3 is 9.47 Å². The van der Waals surface area contributed by atoms with Crippen molar-refractivity contribution >= 4 is 22.7 Å². The molecule has 0 fully saturated rings. The third-order valence-corrected chi connectivity index (χ3v) is 5.47. The van der Waals surface area contributed by atoms with Gasteiger partial charge in [-0.2, -0.15) is 0 Å². The number of hydrogen-bond donors (Lipinski definition) is 0. The highest BCUT2D eigenvalue weighted by Crippen LogP contribution is 2.32. The van der Waals surface area contributed by atoms with Crippen LogP contribution in [0, 0.1) is 0 Å². The molecule has 1 heterocycles. The molecule has 2 nitrogen and oxygen atoms in total. The normalized spacial score (nSPS) is 11.5. The summed E-state index contributed by atoms with van der Waals surface area (Å²) in [6.07, 6.45) is 1.10. The Morgan fingerprint density at radius 2 is 1.67 bits per heavy atom. The Kier molecular flexibility index (Phi) is 5.64. The zero-order valence-electron chi connectivity index (χ0n) is 14.8. The molecule has 0 bridgehead atoms. The third kappa shape index (κ3) is 3.68. The highest BCUT2D eigenvalue weighted by molar-refractivity contribution is 7.98. The van der Waals surface area contributed by atoms with Crippen molar-refractivity contribution in [3.8, 4) is 0 Å². The Morgan fingerprint density at radius 3 is 2.38 bits per heavy atom. The lowest BCUT2D eigenvalue weighted by Gasteiger charge is -2.14. The average molecular weight is 339 g/mol. The van der Waals surface area contributed by atoms with Gasteiger partial charge in [-0.05, 0) is 44.8 Å². The van der Waals surface area contributed by atoms with Gasteiger partial charge in [-0.3, -0.25) is 0 Å². The molecule has 0 atom stereocenters. The summed E-state index contributed by atoms with van der Waals surface area (Å²) in [5.74, 6) is 1.03. The second kappa shape index (κ2) is 7.91. The van der Waals surface area contributed by atoms with E-state index in [0.29, 0.717) is 0 Å². The van der Waals surface area contributed by atoms with Gasteiger partial charge >= 0.3 is 0 Å². The highest BCUT2D eigenvalue weighted by Gasteiger charge is 2.16. The molecule has 2 aromatic carbocycles. The Hall–Kier alpha value is -1.71. The maximum atomic E-state index is 2.50. The van der Waals surface area contributed by atoms with Crippen molar-refractivity contribution in [2.45, 2.75) is 30.5 Å². The van der Waals surface area contributed by atoms with Gasteiger partial charge in [0.2, 0.25) is 0 Å². The van der Waals surface area contributed by atoms with E-state index in [1.54, 1.807) is 0 Å². The Bertz CT molecular complexity index is 790. The molecule has 0 saturated carbocycles. The SMILES string of the molecule is CCn1c(CCN(C)C)c(CSc2ccccc2)c2ccccc21. The molecular weight excluding hydrogens is 312 g/mol. The van der Waals surface area contributed by atoms with Gasteiger partial charge in [0.15, 0.2) is 0 Å². The molecule has 0 amide bonds. The first kappa shape index (κ1) is 17.1. The van der Waals surface area contributed by atoms with Crippen molar-refractivity contribution < 1.29 is 0 Å². The first-order valence-electron chi connectivity index (χ1n) is 8.62. The zero-order valence-corrected chi connectivity index (χ0v) is 15.6. The highest BCUT2D eigenvalue weighted by atomic mass is 32.2. The van der Waals surface area contributed by atoms with Crippen LogP contribution in [0.25, 0.3) is 10.9 Å². The summed E-state index contributed by atoms with van der Waals surface area (Å²) in [4.78, 5) is 3.61. The number of thioether (sulfide) groups is 1. The van der Waals surface area contributed by atoms with Gasteiger partial charge in [0.05, 0.1) is 0 Å². The number of fused-ring (bicyclic) bond motifs is 1. The number of nitrogens with zero attached hydrogens (tertiary/aromatic N) is 2. The summed E-state index contributed by atoms with van der Waals surface area (Å²) in [6.45, 7) is 4.36. The van der Waals surface area contributed by atoms with E-state index in [4.69, 9.17) is 0 Å². The minimum absolute atomic E-state index is 1.03. The predicted molar refractivity (Wildman–Crippen MR) is 106 cm³/mol. The summed E-state index contributed by atoms with van der Waals surface area (Å²) in [5.41, 5.74) is 4.37. The number of para-hydroxylation sites is 1. The average Bonchev–Trinajstić information content (AvgIpc) is 2.91. The molecule has 0 radical (unpaired) electrons. The van der Waals surface area contributed by atoms with Crippen molar-refractivity contribution in [3.63, 3.8) is 0 Å². The first-order valence-corrected chi connectivity index (χ1v) is 9.60. The fraction of sp³-hybridized carbons (Fsp3) is 0.333. The number of benzene rings is 2. The van der Waals surface area contributed by atoms with Crippen LogP contribution in [0.15, 0.2) is 59.5 Å². The van der Waals surface area contributed by atoms with Crippen LogP contribution in [0.1, 0.15) is 18.2 Å².